The third kappa shape index (κ3) is 4.20. The Hall–Kier alpha value is -2.44. The molecule has 1 unspecified atom stereocenters. The Balaban J connectivity index is 1.65. The first-order valence-corrected chi connectivity index (χ1v) is 9.59. The van der Waals surface area contributed by atoms with Gasteiger partial charge in [-0.2, -0.15) is 0 Å². The number of rotatable bonds is 7. The van der Waals surface area contributed by atoms with E-state index < -0.39 is 0 Å². The van der Waals surface area contributed by atoms with Crippen molar-refractivity contribution in [2.45, 2.75) is 19.9 Å². The molecule has 0 spiro atoms. The lowest BCUT2D eigenvalue weighted by Crippen LogP contribution is -3.10. The summed E-state index contributed by atoms with van der Waals surface area (Å²) in [5, 5.41) is 4.00. The lowest BCUT2D eigenvalue weighted by Gasteiger charge is -2.19. The van der Waals surface area contributed by atoms with Crippen LogP contribution in [0.15, 0.2) is 48.5 Å². The van der Waals surface area contributed by atoms with Crippen molar-refractivity contribution in [2.24, 2.45) is 0 Å². The minimum absolute atomic E-state index is 0.0392. The van der Waals surface area contributed by atoms with Gasteiger partial charge >= 0.3 is 0 Å². The summed E-state index contributed by atoms with van der Waals surface area (Å²) in [6, 6.07) is 15.8. The molecule has 0 saturated carbocycles. The SMILES string of the molecule is CCOc1ccccc1NC(=O)C[NH+](C)[C@H](C)c1nc2ccccc2s1. The van der Waals surface area contributed by atoms with Gasteiger partial charge in [-0.25, -0.2) is 4.98 Å². The number of quaternary nitrogens is 1. The summed E-state index contributed by atoms with van der Waals surface area (Å²) < 4.78 is 6.74. The second kappa shape index (κ2) is 8.29. The molecule has 0 fully saturated rings. The van der Waals surface area contributed by atoms with Crippen LogP contribution >= 0.6 is 11.3 Å². The van der Waals surface area contributed by atoms with Crippen molar-refractivity contribution >= 4 is 33.1 Å². The summed E-state index contributed by atoms with van der Waals surface area (Å²) >= 11 is 1.69. The van der Waals surface area contributed by atoms with E-state index >= 15 is 0 Å². The second-order valence-corrected chi connectivity index (χ2v) is 7.30. The highest BCUT2D eigenvalue weighted by Crippen LogP contribution is 2.25. The minimum atomic E-state index is -0.0392. The predicted molar refractivity (Wildman–Crippen MR) is 106 cm³/mol. The molecule has 136 valence electrons. The molecule has 5 nitrogen and oxygen atoms in total. The van der Waals surface area contributed by atoms with Crippen LogP contribution in [0.2, 0.25) is 0 Å². The molecule has 0 saturated heterocycles. The van der Waals surface area contributed by atoms with Gasteiger partial charge in [-0.05, 0) is 38.1 Å². The Kier molecular flexibility index (Phi) is 5.85. The zero-order valence-corrected chi connectivity index (χ0v) is 16.1. The number of thiazole rings is 1. The molecule has 0 aliphatic rings. The third-order valence-electron chi connectivity index (χ3n) is 4.32. The van der Waals surface area contributed by atoms with Gasteiger partial charge in [0.05, 0.1) is 29.6 Å². The molecule has 3 aromatic rings. The fourth-order valence-electron chi connectivity index (χ4n) is 2.74. The number of carbonyl (C=O) groups is 1. The standard InChI is InChI=1S/C20H23N3O2S/c1-4-25-17-11-7-5-9-15(17)21-19(24)13-23(3)14(2)20-22-16-10-6-8-12-18(16)26-20/h5-12,14H,4,13H2,1-3H3,(H,21,24)/p+1/t14-/m1/s1. The zero-order chi connectivity index (χ0) is 18.5. The van der Waals surface area contributed by atoms with Crippen LogP contribution in [0.1, 0.15) is 24.9 Å². The summed E-state index contributed by atoms with van der Waals surface area (Å²) in [7, 11) is 2.02. The van der Waals surface area contributed by atoms with E-state index in [9.17, 15) is 4.79 Å². The van der Waals surface area contributed by atoms with E-state index in [1.54, 1.807) is 11.3 Å². The number of nitrogens with one attached hydrogen (secondary N) is 2. The molecule has 0 aliphatic carbocycles. The van der Waals surface area contributed by atoms with Crippen molar-refractivity contribution in [3.05, 3.63) is 53.5 Å². The molecule has 0 radical (unpaired) electrons. The van der Waals surface area contributed by atoms with Gasteiger partial charge in [0.25, 0.3) is 5.91 Å². The van der Waals surface area contributed by atoms with E-state index in [2.05, 4.69) is 18.3 Å². The molecule has 2 atom stereocenters. The van der Waals surface area contributed by atoms with E-state index in [0.717, 1.165) is 15.4 Å². The number of ether oxygens (including phenoxy) is 1. The molecule has 3 rings (SSSR count). The summed E-state index contributed by atoms with van der Waals surface area (Å²) in [4.78, 5) is 18.3. The number of para-hydroxylation sites is 3. The molecule has 0 bridgehead atoms. The average Bonchev–Trinajstić information content (AvgIpc) is 3.07. The Labute approximate surface area is 157 Å². The van der Waals surface area contributed by atoms with Crippen LogP contribution in [0.4, 0.5) is 5.69 Å². The maximum absolute atomic E-state index is 12.5. The Morgan fingerprint density at radius 1 is 1.23 bits per heavy atom. The predicted octanol–water partition coefficient (Wildman–Crippen LogP) is 2.91. The first kappa shape index (κ1) is 18.4. The van der Waals surface area contributed by atoms with Gasteiger partial charge in [-0.1, -0.05) is 24.3 Å². The number of benzene rings is 2. The van der Waals surface area contributed by atoms with Crippen molar-refractivity contribution < 1.29 is 14.4 Å². The number of aromatic nitrogens is 1. The first-order valence-electron chi connectivity index (χ1n) is 8.78. The van der Waals surface area contributed by atoms with Gasteiger partial charge in [-0.3, -0.25) is 4.79 Å². The maximum atomic E-state index is 12.5. The van der Waals surface area contributed by atoms with Crippen LogP contribution in [0.5, 0.6) is 5.75 Å². The number of hydrogen-bond donors (Lipinski definition) is 2. The molecule has 6 heteroatoms. The number of anilines is 1. The molecular formula is C20H24N3O2S+. The van der Waals surface area contributed by atoms with Crippen molar-refractivity contribution in [1.82, 2.24) is 4.98 Å². The van der Waals surface area contributed by atoms with Crippen LogP contribution in [0.25, 0.3) is 10.2 Å². The number of amides is 1. The van der Waals surface area contributed by atoms with Gasteiger partial charge in [0, 0.05) is 0 Å². The van der Waals surface area contributed by atoms with Crippen LogP contribution in [-0.2, 0) is 4.79 Å². The monoisotopic (exact) mass is 370 g/mol. The van der Waals surface area contributed by atoms with Crippen molar-refractivity contribution in [3.8, 4) is 5.75 Å². The van der Waals surface area contributed by atoms with E-state index in [4.69, 9.17) is 9.72 Å². The molecule has 2 aromatic carbocycles. The Morgan fingerprint density at radius 2 is 1.96 bits per heavy atom. The number of nitrogens with zero attached hydrogens (tertiary/aromatic N) is 1. The van der Waals surface area contributed by atoms with Crippen LogP contribution in [0, 0.1) is 0 Å². The first-order chi connectivity index (χ1) is 12.6. The lowest BCUT2D eigenvalue weighted by molar-refractivity contribution is -0.902. The summed E-state index contributed by atoms with van der Waals surface area (Å²) in [6.45, 7) is 4.95. The van der Waals surface area contributed by atoms with Gasteiger partial charge in [0.2, 0.25) is 0 Å². The van der Waals surface area contributed by atoms with Gasteiger partial charge in [0.15, 0.2) is 11.6 Å². The van der Waals surface area contributed by atoms with Crippen molar-refractivity contribution in [1.29, 1.82) is 0 Å². The molecule has 2 N–H and O–H groups in total. The fourth-order valence-corrected chi connectivity index (χ4v) is 3.85. The molecule has 1 aromatic heterocycles. The van der Waals surface area contributed by atoms with E-state index in [1.165, 1.54) is 4.70 Å². The second-order valence-electron chi connectivity index (χ2n) is 6.24. The third-order valence-corrected chi connectivity index (χ3v) is 5.54. The topological polar surface area (TPSA) is 55.7 Å². The zero-order valence-electron chi connectivity index (χ0n) is 15.3. The number of carbonyl (C=O) groups excluding carboxylic acids is 1. The van der Waals surface area contributed by atoms with Gasteiger partial charge < -0.3 is 15.0 Å². The Morgan fingerprint density at radius 3 is 2.73 bits per heavy atom. The molecular weight excluding hydrogens is 346 g/mol. The van der Waals surface area contributed by atoms with Crippen LogP contribution < -0.4 is 15.0 Å². The molecule has 26 heavy (non-hydrogen) atoms. The molecule has 1 amide bonds. The van der Waals surface area contributed by atoms with Crippen LogP contribution in [-0.4, -0.2) is 31.1 Å². The highest BCUT2D eigenvalue weighted by Gasteiger charge is 2.22. The lowest BCUT2D eigenvalue weighted by atomic mass is 10.2. The van der Waals surface area contributed by atoms with Gasteiger partial charge in [-0.15, -0.1) is 11.3 Å². The largest absolute Gasteiger partial charge is 0.492 e. The Bertz CT molecular complexity index is 860. The maximum Gasteiger partial charge on any atom is 0.279 e. The van der Waals surface area contributed by atoms with E-state index in [1.807, 2.05) is 56.4 Å². The number of fused-ring (bicyclic) bond motifs is 1. The number of hydrogen-bond acceptors (Lipinski definition) is 4. The minimum Gasteiger partial charge on any atom is -0.492 e. The summed E-state index contributed by atoms with van der Waals surface area (Å²) in [5.41, 5.74) is 1.72. The van der Waals surface area contributed by atoms with Crippen molar-refractivity contribution in [2.75, 3.05) is 25.5 Å². The van der Waals surface area contributed by atoms with E-state index in [0.29, 0.717) is 24.6 Å². The smallest absolute Gasteiger partial charge is 0.279 e. The highest BCUT2D eigenvalue weighted by molar-refractivity contribution is 7.18. The normalized spacial score (nSPS) is 13.3. The van der Waals surface area contributed by atoms with E-state index in [-0.39, 0.29) is 11.9 Å². The van der Waals surface area contributed by atoms with Crippen LogP contribution in [0.3, 0.4) is 0 Å². The van der Waals surface area contributed by atoms with Gasteiger partial charge in [0.1, 0.15) is 11.8 Å². The van der Waals surface area contributed by atoms with Crippen molar-refractivity contribution in [3.63, 3.8) is 0 Å². The quantitative estimate of drug-likeness (QED) is 0.672. The highest BCUT2D eigenvalue weighted by atomic mass is 32.1. The average molecular weight is 370 g/mol. The number of likely N-dealkylation sites (N-methyl/N-ethyl adjacent to an activating group) is 1. The summed E-state index contributed by atoms with van der Waals surface area (Å²) in [5.74, 6) is 0.655. The molecule has 1 heterocycles. The summed E-state index contributed by atoms with van der Waals surface area (Å²) in [6.07, 6.45) is 0. The molecule has 0 aliphatic heterocycles. The fraction of sp³-hybridized carbons (Fsp3) is 0.300.